The molecule has 1 saturated heterocycles. The highest BCUT2D eigenvalue weighted by Gasteiger charge is 2.32. The third-order valence-electron chi connectivity index (χ3n) is 4.15. The Bertz CT molecular complexity index is 960. The van der Waals surface area contributed by atoms with Gasteiger partial charge in [0.1, 0.15) is 18.2 Å². The largest absolute Gasteiger partial charge is 0.321 e. The molecule has 1 aliphatic heterocycles. The van der Waals surface area contributed by atoms with Gasteiger partial charge >= 0.3 is 0 Å². The summed E-state index contributed by atoms with van der Waals surface area (Å²) in [6, 6.07) is 9.21. The summed E-state index contributed by atoms with van der Waals surface area (Å²) in [5, 5.41) is 22.1. The number of aryl methyl sites for hydroxylation is 1. The highest BCUT2D eigenvalue weighted by molar-refractivity contribution is 6.06. The molecule has 24 heavy (non-hydrogen) atoms. The Morgan fingerprint density at radius 1 is 1.38 bits per heavy atom. The van der Waals surface area contributed by atoms with Gasteiger partial charge in [0.15, 0.2) is 0 Å². The van der Waals surface area contributed by atoms with Crippen LogP contribution in [-0.2, 0) is 4.79 Å². The molecule has 2 heterocycles. The van der Waals surface area contributed by atoms with Crippen LogP contribution in [-0.4, -0.2) is 30.5 Å². The molecular formula is C17H15N5O2. The second kappa shape index (κ2) is 6.15. The first-order valence-corrected chi connectivity index (χ1v) is 7.52. The van der Waals surface area contributed by atoms with Gasteiger partial charge in [0.2, 0.25) is 5.91 Å². The summed E-state index contributed by atoms with van der Waals surface area (Å²) in [6.07, 6.45) is 0. The Hall–Kier alpha value is -3.16. The van der Waals surface area contributed by atoms with E-state index in [1.54, 1.807) is 12.1 Å². The van der Waals surface area contributed by atoms with Crippen LogP contribution in [0, 0.1) is 35.5 Å². The molecule has 1 fully saturated rings. The Morgan fingerprint density at radius 3 is 2.71 bits per heavy atom. The zero-order valence-corrected chi connectivity index (χ0v) is 13.1. The Balaban J connectivity index is 2.28. The Kier molecular flexibility index (Phi) is 4.03. The van der Waals surface area contributed by atoms with E-state index in [9.17, 15) is 14.9 Å². The summed E-state index contributed by atoms with van der Waals surface area (Å²) in [5.74, 6) is -0.496. The maximum absolute atomic E-state index is 12.7. The molecule has 2 N–H and O–H groups in total. The van der Waals surface area contributed by atoms with Crippen LogP contribution < -0.4 is 15.8 Å². The van der Waals surface area contributed by atoms with Crippen LogP contribution in [0.25, 0.3) is 10.9 Å². The fourth-order valence-electron chi connectivity index (χ4n) is 2.80. The van der Waals surface area contributed by atoms with Gasteiger partial charge in [-0.2, -0.15) is 10.5 Å². The minimum Gasteiger partial charge on any atom is -0.321 e. The van der Waals surface area contributed by atoms with Crippen LogP contribution >= 0.6 is 0 Å². The SMILES string of the molecule is Cc1ccc2c(N(CC#N)C(=O)C3CNC3)c(C#N)c(=O)[nH]c2c1. The van der Waals surface area contributed by atoms with Crippen molar-refractivity contribution < 1.29 is 4.79 Å². The summed E-state index contributed by atoms with van der Waals surface area (Å²) >= 11 is 0. The fourth-order valence-corrected chi connectivity index (χ4v) is 2.80. The van der Waals surface area contributed by atoms with Crippen molar-refractivity contribution in [1.82, 2.24) is 10.3 Å². The van der Waals surface area contributed by atoms with E-state index in [0.29, 0.717) is 24.0 Å². The van der Waals surface area contributed by atoms with E-state index in [1.807, 2.05) is 25.1 Å². The number of aromatic nitrogens is 1. The van der Waals surface area contributed by atoms with Crippen molar-refractivity contribution in [1.29, 1.82) is 10.5 Å². The predicted octanol–water partition coefficient (Wildman–Crippen LogP) is 0.784. The quantitative estimate of drug-likeness (QED) is 0.811. The number of hydrogen-bond donors (Lipinski definition) is 2. The summed E-state index contributed by atoms with van der Waals surface area (Å²) in [5.41, 5.74) is 0.983. The molecule has 120 valence electrons. The number of anilines is 1. The molecule has 1 amide bonds. The molecule has 0 spiro atoms. The lowest BCUT2D eigenvalue weighted by Crippen LogP contribution is -2.52. The van der Waals surface area contributed by atoms with Crippen LogP contribution in [0.5, 0.6) is 0 Å². The van der Waals surface area contributed by atoms with Gasteiger partial charge in [0.05, 0.1) is 23.2 Å². The number of nitrogens with one attached hydrogen (secondary N) is 2. The van der Waals surface area contributed by atoms with Crippen molar-refractivity contribution in [3.8, 4) is 12.1 Å². The monoisotopic (exact) mass is 321 g/mol. The molecule has 7 nitrogen and oxygen atoms in total. The van der Waals surface area contributed by atoms with Crippen LogP contribution in [0.15, 0.2) is 23.0 Å². The van der Waals surface area contributed by atoms with Gasteiger partial charge in [-0.1, -0.05) is 12.1 Å². The Morgan fingerprint density at radius 2 is 2.12 bits per heavy atom. The van der Waals surface area contributed by atoms with Gasteiger partial charge in [-0.05, 0) is 18.6 Å². The van der Waals surface area contributed by atoms with Crippen molar-refractivity contribution in [3.63, 3.8) is 0 Å². The second-order valence-corrected chi connectivity index (χ2v) is 5.78. The number of nitrogens with zero attached hydrogens (tertiary/aromatic N) is 3. The second-order valence-electron chi connectivity index (χ2n) is 5.78. The first kappa shape index (κ1) is 15.7. The molecule has 0 unspecified atom stereocenters. The number of carbonyl (C=O) groups is 1. The fraction of sp³-hybridized carbons (Fsp3) is 0.294. The van der Waals surface area contributed by atoms with Gasteiger partial charge in [-0.3, -0.25) is 14.5 Å². The van der Waals surface area contributed by atoms with E-state index in [2.05, 4.69) is 10.3 Å². The molecule has 0 atom stereocenters. The van der Waals surface area contributed by atoms with Crippen LogP contribution in [0.3, 0.4) is 0 Å². The molecule has 0 radical (unpaired) electrons. The lowest BCUT2D eigenvalue weighted by atomic mass is 9.99. The topological polar surface area (TPSA) is 113 Å². The lowest BCUT2D eigenvalue weighted by molar-refractivity contribution is -0.123. The molecule has 1 aliphatic rings. The van der Waals surface area contributed by atoms with E-state index in [1.165, 1.54) is 4.90 Å². The number of nitriles is 2. The van der Waals surface area contributed by atoms with Gasteiger partial charge in [-0.25, -0.2) is 0 Å². The third kappa shape index (κ3) is 2.51. The number of H-pyrrole nitrogens is 1. The molecule has 7 heteroatoms. The number of pyridine rings is 1. The number of rotatable bonds is 3. The van der Waals surface area contributed by atoms with Gasteiger partial charge < -0.3 is 10.3 Å². The van der Waals surface area contributed by atoms with Crippen molar-refractivity contribution in [3.05, 3.63) is 39.7 Å². The zero-order valence-electron chi connectivity index (χ0n) is 13.1. The van der Waals surface area contributed by atoms with E-state index >= 15 is 0 Å². The highest BCUT2D eigenvalue weighted by atomic mass is 16.2. The average molecular weight is 321 g/mol. The van der Waals surface area contributed by atoms with Crippen molar-refractivity contribution in [2.45, 2.75) is 6.92 Å². The first-order valence-electron chi connectivity index (χ1n) is 7.52. The predicted molar refractivity (Wildman–Crippen MR) is 88.3 cm³/mol. The number of hydrogen-bond acceptors (Lipinski definition) is 5. The van der Waals surface area contributed by atoms with Gasteiger partial charge in [0, 0.05) is 18.5 Å². The minimum atomic E-state index is -0.562. The van der Waals surface area contributed by atoms with E-state index in [-0.39, 0.29) is 29.6 Å². The number of amides is 1. The maximum atomic E-state index is 12.7. The maximum Gasteiger partial charge on any atom is 0.268 e. The van der Waals surface area contributed by atoms with E-state index in [4.69, 9.17) is 5.26 Å². The number of aromatic amines is 1. The molecule has 0 aliphatic carbocycles. The summed E-state index contributed by atoms with van der Waals surface area (Å²) in [7, 11) is 0. The van der Waals surface area contributed by atoms with Crippen molar-refractivity contribution in [2.75, 3.05) is 24.5 Å². The minimum absolute atomic E-state index is 0.151. The number of carbonyl (C=O) groups excluding carboxylic acids is 1. The average Bonchev–Trinajstić information content (AvgIpc) is 2.49. The molecule has 3 rings (SSSR count). The zero-order chi connectivity index (χ0) is 17.3. The smallest absolute Gasteiger partial charge is 0.268 e. The molecule has 2 aromatic rings. The summed E-state index contributed by atoms with van der Waals surface area (Å²) < 4.78 is 0. The summed E-state index contributed by atoms with van der Waals surface area (Å²) in [6.45, 7) is 2.73. The van der Waals surface area contributed by atoms with Crippen LogP contribution in [0.1, 0.15) is 11.1 Å². The lowest BCUT2D eigenvalue weighted by Gasteiger charge is -2.32. The van der Waals surface area contributed by atoms with E-state index < -0.39 is 5.56 Å². The Labute approximate surface area is 138 Å². The van der Waals surface area contributed by atoms with Crippen LogP contribution in [0.2, 0.25) is 0 Å². The molecule has 1 aromatic heterocycles. The molecule has 0 saturated carbocycles. The first-order chi connectivity index (χ1) is 11.6. The highest BCUT2D eigenvalue weighted by Crippen LogP contribution is 2.29. The third-order valence-corrected chi connectivity index (χ3v) is 4.15. The molecule has 0 bridgehead atoms. The normalized spacial score (nSPS) is 13.8. The van der Waals surface area contributed by atoms with Gasteiger partial charge in [0.25, 0.3) is 5.56 Å². The number of fused-ring (bicyclic) bond motifs is 1. The summed E-state index contributed by atoms with van der Waals surface area (Å²) in [4.78, 5) is 28.9. The van der Waals surface area contributed by atoms with Crippen molar-refractivity contribution >= 4 is 22.5 Å². The van der Waals surface area contributed by atoms with Crippen molar-refractivity contribution in [2.24, 2.45) is 5.92 Å². The molecular weight excluding hydrogens is 306 g/mol. The van der Waals surface area contributed by atoms with Crippen LogP contribution in [0.4, 0.5) is 5.69 Å². The number of benzene rings is 1. The standard InChI is InChI=1S/C17H15N5O2/c1-10-2-3-12-14(6-10)21-16(23)13(7-19)15(12)22(5-4-18)17(24)11-8-20-9-11/h2-3,6,11,20H,5,8-9H2,1H3,(H,21,23). The molecule has 1 aromatic carbocycles. The van der Waals surface area contributed by atoms with Gasteiger partial charge in [-0.15, -0.1) is 0 Å². The van der Waals surface area contributed by atoms with E-state index in [0.717, 1.165) is 5.56 Å².